The van der Waals surface area contributed by atoms with Gasteiger partial charge in [0, 0.05) is 24.8 Å². The molecular weight excluding hydrogens is 328 g/mol. The fourth-order valence-corrected chi connectivity index (χ4v) is 3.13. The van der Waals surface area contributed by atoms with Crippen LogP contribution in [0.4, 0.5) is 5.69 Å². The third kappa shape index (κ3) is 6.41. The largest absolute Gasteiger partial charge is 0.493 e. The molecule has 0 bridgehead atoms. The first-order chi connectivity index (χ1) is 12.7. The second-order valence-electron chi connectivity index (χ2n) is 6.83. The van der Waals surface area contributed by atoms with Crippen molar-refractivity contribution in [2.24, 2.45) is 10.9 Å². The summed E-state index contributed by atoms with van der Waals surface area (Å²) in [5.74, 6) is 3.10. The van der Waals surface area contributed by atoms with Crippen LogP contribution in [0, 0.1) is 5.92 Å². The van der Waals surface area contributed by atoms with Gasteiger partial charge in [-0.15, -0.1) is 0 Å². The molecule has 0 saturated carbocycles. The summed E-state index contributed by atoms with van der Waals surface area (Å²) < 4.78 is 10.6. The molecule has 2 rings (SSSR count). The Hall–Kier alpha value is -1.95. The van der Waals surface area contributed by atoms with Gasteiger partial charge in [0.1, 0.15) is 0 Å². The van der Waals surface area contributed by atoms with Crippen molar-refractivity contribution in [1.82, 2.24) is 10.2 Å². The SMILES string of the molecule is CCNC(=NCCCN1CCC(C)CC1)Nc1ccc(OC)c(OC)c1. The van der Waals surface area contributed by atoms with Crippen LogP contribution in [0.1, 0.15) is 33.1 Å². The van der Waals surface area contributed by atoms with Gasteiger partial charge in [-0.3, -0.25) is 4.99 Å². The second kappa shape index (κ2) is 10.9. The third-order valence-corrected chi connectivity index (χ3v) is 4.77. The van der Waals surface area contributed by atoms with Crippen molar-refractivity contribution in [3.63, 3.8) is 0 Å². The summed E-state index contributed by atoms with van der Waals surface area (Å²) in [6, 6.07) is 5.77. The first-order valence-electron chi connectivity index (χ1n) is 9.66. The van der Waals surface area contributed by atoms with E-state index in [0.29, 0.717) is 5.75 Å². The third-order valence-electron chi connectivity index (χ3n) is 4.77. The molecule has 0 spiro atoms. The van der Waals surface area contributed by atoms with Crippen LogP contribution in [0.25, 0.3) is 0 Å². The number of rotatable bonds is 8. The van der Waals surface area contributed by atoms with E-state index in [2.05, 4.69) is 29.4 Å². The molecule has 0 atom stereocenters. The van der Waals surface area contributed by atoms with Crippen molar-refractivity contribution >= 4 is 11.6 Å². The quantitative estimate of drug-likeness (QED) is 0.422. The van der Waals surface area contributed by atoms with Crippen LogP contribution in [-0.4, -0.2) is 57.8 Å². The molecule has 1 heterocycles. The highest BCUT2D eigenvalue weighted by Crippen LogP contribution is 2.29. The highest BCUT2D eigenvalue weighted by molar-refractivity contribution is 5.93. The number of benzene rings is 1. The highest BCUT2D eigenvalue weighted by Gasteiger charge is 2.14. The summed E-state index contributed by atoms with van der Waals surface area (Å²) in [7, 11) is 3.28. The number of nitrogens with zero attached hydrogens (tertiary/aromatic N) is 2. The topological polar surface area (TPSA) is 58.1 Å². The van der Waals surface area contributed by atoms with E-state index in [1.165, 1.54) is 25.9 Å². The van der Waals surface area contributed by atoms with E-state index in [9.17, 15) is 0 Å². The zero-order valence-corrected chi connectivity index (χ0v) is 16.7. The summed E-state index contributed by atoms with van der Waals surface area (Å²) in [4.78, 5) is 7.26. The maximum absolute atomic E-state index is 5.36. The van der Waals surface area contributed by atoms with Gasteiger partial charge in [0.2, 0.25) is 0 Å². The minimum Gasteiger partial charge on any atom is -0.493 e. The van der Waals surface area contributed by atoms with E-state index in [1.54, 1.807) is 14.2 Å². The summed E-state index contributed by atoms with van der Waals surface area (Å²) in [6.45, 7) is 9.65. The average molecular weight is 363 g/mol. The number of ether oxygens (including phenoxy) is 2. The normalized spacial score (nSPS) is 16.4. The van der Waals surface area contributed by atoms with Crippen molar-refractivity contribution in [2.75, 3.05) is 52.3 Å². The molecule has 6 nitrogen and oxygen atoms in total. The molecule has 6 heteroatoms. The van der Waals surface area contributed by atoms with Crippen LogP contribution in [0.15, 0.2) is 23.2 Å². The Kier molecular flexibility index (Phi) is 8.54. The molecule has 0 radical (unpaired) electrons. The number of aliphatic imine (C=N–C) groups is 1. The van der Waals surface area contributed by atoms with Crippen LogP contribution in [-0.2, 0) is 0 Å². The maximum Gasteiger partial charge on any atom is 0.195 e. The molecule has 0 aromatic heterocycles. The number of piperidine rings is 1. The predicted octanol–water partition coefficient (Wildman–Crippen LogP) is 3.20. The summed E-state index contributed by atoms with van der Waals surface area (Å²) in [5.41, 5.74) is 0.923. The number of likely N-dealkylation sites (tertiary alicyclic amines) is 1. The van der Waals surface area contributed by atoms with Gasteiger partial charge < -0.3 is 25.0 Å². The molecule has 0 aliphatic carbocycles. The molecule has 0 amide bonds. The van der Waals surface area contributed by atoms with Crippen molar-refractivity contribution < 1.29 is 9.47 Å². The van der Waals surface area contributed by atoms with Gasteiger partial charge >= 0.3 is 0 Å². The molecule has 1 aromatic rings. The predicted molar refractivity (Wildman–Crippen MR) is 109 cm³/mol. The van der Waals surface area contributed by atoms with Gasteiger partial charge in [-0.05, 0) is 63.9 Å². The van der Waals surface area contributed by atoms with E-state index in [-0.39, 0.29) is 0 Å². The van der Waals surface area contributed by atoms with Gasteiger partial charge in [0.15, 0.2) is 17.5 Å². The maximum atomic E-state index is 5.36. The minimum atomic E-state index is 0.702. The van der Waals surface area contributed by atoms with Gasteiger partial charge in [0.05, 0.1) is 14.2 Å². The number of hydrogen-bond acceptors (Lipinski definition) is 4. The lowest BCUT2D eigenvalue weighted by molar-refractivity contribution is 0.192. The van der Waals surface area contributed by atoms with E-state index in [0.717, 1.165) is 49.4 Å². The minimum absolute atomic E-state index is 0.702. The number of anilines is 1. The Labute approximate surface area is 158 Å². The van der Waals surface area contributed by atoms with Crippen molar-refractivity contribution in [3.8, 4) is 11.5 Å². The second-order valence-corrected chi connectivity index (χ2v) is 6.83. The molecule has 0 unspecified atom stereocenters. The lowest BCUT2D eigenvalue weighted by Crippen LogP contribution is -2.34. The van der Waals surface area contributed by atoms with Crippen LogP contribution in [0.5, 0.6) is 11.5 Å². The standard InChI is InChI=1S/C20H34N4O2/c1-5-21-20(22-11-6-12-24-13-9-16(2)10-14-24)23-17-7-8-18(25-3)19(15-17)26-4/h7-8,15-16H,5-6,9-14H2,1-4H3,(H2,21,22,23). The Balaban J connectivity index is 1.86. The van der Waals surface area contributed by atoms with E-state index >= 15 is 0 Å². The molecular formula is C20H34N4O2. The lowest BCUT2D eigenvalue weighted by atomic mass is 9.99. The molecule has 1 aromatic carbocycles. The summed E-state index contributed by atoms with van der Waals surface area (Å²) >= 11 is 0. The number of methoxy groups -OCH3 is 2. The zero-order chi connectivity index (χ0) is 18.8. The molecule has 1 aliphatic rings. The van der Waals surface area contributed by atoms with Crippen LogP contribution in [0.3, 0.4) is 0 Å². The van der Waals surface area contributed by atoms with Crippen molar-refractivity contribution in [1.29, 1.82) is 0 Å². The van der Waals surface area contributed by atoms with Crippen LogP contribution >= 0.6 is 0 Å². The van der Waals surface area contributed by atoms with Crippen LogP contribution in [0.2, 0.25) is 0 Å². The van der Waals surface area contributed by atoms with Crippen LogP contribution < -0.4 is 20.1 Å². The van der Waals surface area contributed by atoms with E-state index < -0.39 is 0 Å². The zero-order valence-electron chi connectivity index (χ0n) is 16.7. The van der Waals surface area contributed by atoms with Gasteiger partial charge in [-0.2, -0.15) is 0 Å². The monoisotopic (exact) mass is 362 g/mol. The smallest absolute Gasteiger partial charge is 0.195 e. The Morgan fingerprint density at radius 1 is 1.19 bits per heavy atom. The lowest BCUT2D eigenvalue weighted by Gasteiger charge is -2.29. The van der Waals surface area contributed by atoms with Gasteiger partial charge in [-0.1, -0.05) is 6.92 Å². The van der Waals surface area contributed by atoms with Gasteiger partial charge in [-0.25, -0.2) is 0 Å². The van der Waals surface area contributed by atoms with E-state index in [4.69, 9.17) is 14.5 Å². The van der Waals surface area contributed by atoms with Crippen molar-refractivity contribution in [3.05, 3.63) is 18.2 Å². The fraction of sp³-hybridized carbons (Fsp3) is 0.650. The van der Waals surface area contributed by atoms with Gasteiger partial charge in [0.25, 0.3) is 0 Å². The number of guanidine groups is 1. The van der Waals surface area contributed by atoms with E-state index in [1.807, 2.05) is 18.2 Å². The highest BCUT2D eigenvalue weighted by atomic mass is 16.5. The molecule has 1 fully saturated rings. The summed E-state index contributed by atoms with van der Waals surface area (Å²) in [5, 5.41) is 6.63. The first-order valence-corrected chi connectivity index (χ1v) is 9.66. The fourth-order valence-electron chi connectivity index (χ4n) is 3.13. The molecule has 1 saturated heterocycles. The number of hydrogen-bond donors (Lipinski definition) is 2. The Bertz CT molecular complexity index is 569. The number of nitrogens with one attached hydrogen (secondary N) is 2. The van der Waals surface area contributed by atoms with Crippen molar-refractivity contribution in [2.45, 2.75) is 33.1 Å². The molecule has 1 aliphatic heterocycles. The average Bonchev–Trinajstić information content (AvgIpc) is 2.66. The summed E-state index contributed by atoms with van der Waals surface area (Å²) in [6.07, 6.45) is 3.73. The first kappa shape index (κ1) is 20.4. The Morgan fingerprint density at radius 2 is 1.92 bits per heavy atom. The Morgan fingerprint density at radius 3 is 2.58 bits per heavy atom. The molecule has 146 valence electrons. The molecule has 2 N–H and O–H groups in total. The molecule has 26 heavy (non-hydrogen) atoms.